The summed E-state index contributed by atoms with van der Waals surface area (Å²) in [4.78, 5) is 46.0. The highest BCUT2D eigenvalue weighted by atomic mass is 32.1. The lowest BCUT2D eigenvalue weighted by atomic mass is 9.85. The lowest BCUT2D eigenvalue weighted by Gasteiger charge is -2.35. The summed E-state index contributed by atoms with van der Waals surface area (Å²) < 4.78 is 0. The van der Waals surface area contributed by atoms with Crippen LogP contribution in [0.25, 0.3) is 10.4 Å². The van der Waals surface area contributed by atoms with Crippen molar-refractivity contribution in [3.8, 4) is 22.3 Å². The zero-order valence-electron chi connectivity index (χ0n) is 21.9. The van der Waals surface area contributed by atoms with Crippen LogP contribution in [-0.2, 0) is 20.9 Å². The van der Waals surface area contributed by atoms with Crippen LogP contribution in [-0.4, -0.2) is 62.6 Å². The zero-order chi connectivity index (χ0) is 27.8. The van der Waals surface area contributed by atoms with E-state index < -0.39 is 46.7 Å². The van der Waals surface area contributed by atoms with E-state index in [4.69, 9.17) is 0 Å². The molecule has 11 heteroatoms. The number of rotatable bonds is 7. The van der Waals surface area contributed by atoms with Crippen LogP contribution in [0.1, 0.15) is 51.3 Å². The Bertz CT molecular complexity index is 1290. The van der Waals surface area contributed by atoms with Crippen LogP contribution in [0.2, 0.25) is 0 Å². The number of amides is 3. The predicted octanol–water partition coefficient (Wildman–Crippen LogP) is 2.24. The van der Waals surface area contributed by atoms with Crippen LogP contribution < -0.4 is 10.6 Å². The van der Waals surface area contributed by atoms with Crippen LogP contribution >= 0.6 is 11.3 Å². The van der Waals surface area contributed by atoms with Crippen LogP contribution in [0.4, 0.5) is 0 Å². The molecule has 0 radical (unpaired) electrons. The third kappa shape index (κ3) is 5.51. The van der Waals surface area contributed by atoms with Gasteiger partial charge < -0.3 is 25.7 Å². The summed E-state index contributed by atoms with van der Waals surface area (Å²) in [6, 6.07) is 5.32. The number of likely N-dealkylation sites (tertiary alicyclic amines) is 1. The van der Waals surface area contributed by atoms with Crippen molar-refractivity contribution in [3.05, 3.63) is 35.0 Å². The number of thiazole rings is 1. The van der Waals surface area contributed by atoms with Crippen molar-refractivity contribution in [1.82, 2.24) is 20.5 Å². The van der Waals surface area contributed by atoms with E-state index in [-0.39, 0.29) is 25.3 Å². The fraction of sp³-hybridized carbons (Fsp3) is 0.519. The van der Waals surface area contributed by atoms with Gasteiger partial charge in [0.05, 0.1) is 28.3 Å². The zero-order valence-corrected chi connectivity index (χ0v) is 22.8. The number of nitriles is 1. The summed E-state index contributed by atoms with van der Waals surface area (Å²) in [7, 11) is 0. The molecule has 1 aromatic heterocycles. The second kappa shape index (κ2) is 10.3. The number of aromatic hydroxyl groups is 1. The first-order valence-corrected chi connectivity index (χ1v) is 13.4. The number of hydrogen-bond acceptors (Lipinski definition) is 8. The van der Waals surface area contributed by atoms with E-state index in [1.807, 2.05) is 19.1 Å². The molecule has 2 aliphatic rings. The molecule has 0 spiro atoms. The summed E-state index contributed by atoms with van der Waals surface area (Å²) in [5.74, 6) is -1.41. The molecule has 3 atom stereocenters. The Labute approximate surface area is 225 Å². The molecule has 4 rings (SSSR count). The van der Waals surface area contributed by atoms with Crippen LogP contribution in [0, 0.1) is 29.1 Å². The fourth-order valence-corrected chi connectivity index (χ4v) is 5.44. The smallest absolute Gasteiger partial charge is 0.246 e. The van der Waals surface area contributed by atoms with Crippen LogP contribution in [0.5, 0.6) is 5.75 Å². The van der Waals surface area contributed by atoms with Crippen molar-refractivity contribution in [2.75, 3.05) is 6.54 Å². The Morgan fingerprint density at radius 1 is 1.32 bits per heavy atom. The number of carbonyl (C=O) groups excluding carboxylic acids is 3. The molecule has 10 nitrogen and oxygen atoms in total. The average molecular weight is 540 g/mol. The Morgan fingerprint density at radius 2 is 2.03 bits per heavy atom. The molecule has 1 aromatic carbocycles. The molecule has 0 unspecified atom stereocenters. The van der Waals surface area contributed by atoms with Gasteiger partial charge in [0.1, 0.15) is 23.2 Å². The molecule has 0 bridgehead atoms. The maximum Gasteiger partial charge on any atom is 0.246 e. The molecule has 2 fully saturated rings. The van der Waals surface area contributed by atoms with Gasteiger partial charge in [-0.05, 0) is 36.8 Å². The van der Waals surface area contributed by atoms with Crippen molar-refractivity contribution in [2.24, 2.45) is 10.8 Å². The van der Waals surface area contributed by atoms with Gasteiger partial charge >= 0.3 is 0 Å². The Kier molecular flexibility index (Phi) is 7.50. The maximum absolute atomic E-state index is 13.6. The molecule has 1 saturated heterocycles. The lowest BCUT2D eigenvalue weighted by Crippen LogP contribution is -2.58. The number of aliphatic hydroxyl groups excluding tert-OH is 1. The van der Waals surface area contributed by atoms with Crippen LogP contribution in [0.15, 0.2) is 23.7 Å². The number of β-amino-alcohol motifs (C(OH)–C–C–N with tert-alkyl or cyclic N) is 1. The SMILES string of the molecule is Cc1ncsc1-c1ccc(CNC(=O)[C@@H]2C[C@@H](O)CN2C(=O)[C@@H](NC(=O)C2(C#N)CC2)C(C)(C)C)c(O)c1. The Balaban J connectivity index is 1.45. The topological polar surface area (TPSA) is 156 Å². The van der Waals surface area contributed by atoms with E-state index in [9.17, 15) is 29.9 Å². The average Bonchev–Trinajstić information content (AvgIpc) is 3.40. The number of phenolic OH excluding ortho intramolecular Hbond substituents is 1. The first kappa shape index (κ1) is 27.5. The number of nitrogens with one attached hydrogen (secondary N) is 2. The standard InChI is InChI=1S/C27H33N5O5S/c1-15-21(38-14-30-15)16-5-6-17(20(34)9-16)11-29-23(35)19-10-18(33)12-32(19)24(36)22(26(2,3)4)31-25(37)27(13-28)7-8-27/h5-6,9,14,18-19,22,33-34H,7-8,10-12H2,1-4H3,(H,29,35)(H,31,37)/t18-,19+,22-/m1/s1. The van der Waals surface area contributed by atoms with Crippen molar-refractivity contribution >= 4 is 29.1 Å². The fourth-order valence-electron chi connectivity index (χ4n) is 4.64. The van der Waals surface area contributed by atoms with Gasteiger partial charge in [-0.3, -0.25) is 14.4 Å². The number of aromatic nitrogens is 1. The third-order valence-corrected chi connectivity index (χ3v) is 8.18. The number of hydrogen-bond donors (Lipinski definition) is 4. The highest BCUT2D eigenvalue weighted by Crippen LogP contribution is 2.45. The predicted molar refractivity (Wildman–Crippen MR) is 141 cm³/mol. The second-order valence-corrected chi connectivity index (χ2v) is 12.0. The summed E-state index contributed by atoms with van der Waals surface area (Å²) in [5, 5.41) is 35.8. The normalized spacial score (nSPS) is 20.9. The summed E-state index contributed by atoms with van der Waals surface area (Å²) in [6.45, 7) is 7.27. The van der Waals surface area contributed by atoms with Crippen LogP contribution in [0.3, 0.4) is 0 Å². The molecule has 1 aliphatic heterocycles. The minimum atomic E-state index is -1.10. The third-order valence-electron chi connectivity index (χ3n) is 7.20. The van der Waals surface area contributed by atoms with Gasteiger partial charge in [-0.1, -0.05) is 32.9 Å². The molecule has 202 valence electrons. The number of benzene rings is 1. The summed E-state index contributed by atoms with van der Waals surface area (Å²) in [5.41, 5.74) is 2.14. The number of nitrogens with zero attached hydrogens (tertiary/aromatic N) is 3. The van der Waals surface area contributed by atoms with Gasteiger partial charge in [-0.2, -0.15) is 5.26 Å². The van der Waals surface area contributed by atoms with E-state index in [1.54, 1.807) is 38.4 Å². The lowest BCUT2D eigenvalue weighted by molar-refractivity contribution is -0.144. The molecule has 38 heavy (non-hydrogen) atoms. The molecule has 1 aliphatic carbocycles. The first-order valence-electron chi connectivity index (χ1n) is 12.6. The quantitative estimate of drug-likeness (QED) is 0.420. The monoisotopic (exact) mass is 539 g/mol. The van der Waals surface area contributed by atoms with E-state index in [0.29, 0.717) is 18.4 Å². The minimum Gasteiger partial charge on any atom is -0.508 e. The minimum absolute atomic E-state index is 0.0250. The second-order valence-electron chi connectivity index (χ2n) is 11.2. The summed E-state index contributed by atoms with van der Waals surface area (Å²) >= 11 is 1.47. The molecule has 2 aromatic rings. The maximum atomic E-state index is 13.6. The number of phenols is 1. The van der Waals surface area contributed by atoms with Crippen molar-refractivity contribution in [3.63, 3.8) is 0 Å². The van der Waals surface area contributed by atoms with Crippen molar-refractivity contribution < 1.29 is 24.6 Å². The Morgan fingerprint density at radius 3 is 2.58 bits per heavy atom. The van der Waals surface area contributed by atoms with Crippen molar-refractivity contribution in [1.29, 1.82) is 5.26 Å². The van der Waals surface area contributed by atoms with Crippen molar-refractivity contribution in [2.45, 2.75) is 71.7 Å². The van der Waals surface area contributed by atoms with E-state index in [0.717, 1.165) is 16.1 Å². The molecule has 3 amide bonds. The number of carbonyl (C=O) groups is 3. The molecule has 4 N–H and O–H groups in total. The largest absolute Gasteiger partial charge is 0.508 e. The van der Waals surface area contributed by atoms with E-state index >= 15 is 0 Å². The molecule has 1 saturated carbocycles. The van der Waals surface area contributed by atoms with Gasteiger partial charge in [0.15, 0.2) is 0 Å². The highest BCUT2D eigenvalue weighted by Gasteiger charge is 2.53. The van der Waals surface area contributed by atoms with Gasteiger partial charge in [0.2, 0.25) is 17.7 Å². The van der Waals surface area contributed by atoms with Gasteiger partial charge in [-0.15, -0.1) is 11.3 Å². The van der Waals surface area contributed by atoms with E-state index in [2.05, 4.69) is 15.6 Å². The van der Waals surface area contributed by atoms with Gasteiger partial charge in [0.25, 0.3) is 0 Å². The summed E-state index contributed by atoms with van der Waals surface area (Å²) in [6.07, 6.45) is 0.0621. The van der Waals surface area contributed by atoms with E-state index in [1.165, 1.54) is 16.2 Å². The molecular weight excluding hydrogens is 506 g/mol. The number of aryl methyl sites for hydroxylation is 1. The first-order chi connectivity index (χ1) is 17.9. The Hall–Kier alpha value is -3.49. The van der Waals surface area contributed by atoms with Gasteiger partial charge in [-0.25, -0.2) is 4.98 Å². The molecule has 2 heterocycles. The highest BCUT2D eigenvalue weighted by molar-refractivity contribution is 7.13. The molecular formula is C27H33N5O5S. The number of aliphatic hydroxyl groups is 1. The van der Waals surface area contributed by atoms with Gasteiger partial charge in [0, 0.05) is 25.1 Å².